The average molecular weight is 265 g/mol. The number of hydrogen-bond acceptors (Lipinski definition) is 3. The molecule has 1 aromatic heterocycles. The van der Waals surface area contributed by atoms with Crippen LogP contribution in [0.2, 0.25) is 0 Å². The van der Waals surface area contributed by atoms with Gasteiger partial charge in [-0.1, -0.05) is 0 Å². The van der Waals surface area contributed by atoms with Crippen molar-refractivity contribution in [1.82, 2.24) is 14.5 Å². The van der Waals surface area contributed by atoms with Gasteiger partial charge in [-0.2, -0.15) is 0 Å². The lowest BCUT2D eigenvalue weighted by atomic mass is 10.1. The van der Waals surface area contributed by atoms with Crippen molar-refractivity contribution in [2.75, 3.05) is 26.8 Å². The summed E-state index contributed by atoms with van der Waals surface area (Å²) in [4.78, 5) is 18.4. The van der Waals surface area contributed by atoms with Crippen molar-refractivity contribution in [3.05, 3.63) is 18.2 Å². The first-order chi connectivity index (χ1) is 9.31. The fourth-order valence-corrected chi connectivity index (χ4v) is 2.48. The topological polar surface area (TPSA) is 47.4 Å². The number of amides is 1. The Bertz CT molecular complexity index is 397. The zero-order chi connectivity index (χ0) is 13.5. The minimum absolute atomic E-state index is 0.265. The lowest BCUT2D eigenvalue weighted by Gasteiger charge is -2.26. The number of ether oxygens (including phenoxy) is 1. The Labute approximate surface area is 114 Å². The van der Waals surface area contributed by atoms with Gasteiger partial charge < -0.3 is 14.2 Å². The zero-order valence-corrected chi connectivity index (χ0v) is 11.7. The molecule has 0 aromatic carbocycles. The molecule has 106 valence electrons. The highest BCUT2D eigenvalue weighted by Gasteiger charge is 2.16. The molecule has 1 saturated heterocycles. The summed E-state index contributed by atoms with van der Waals surface area (Å²) in [5, 5.41) is 0. The van der Waals surface area contributed by atoms with Gasteiger partial charge in [-0.15, -0.1) is 0 Å². The zero-order valence-electron chi connectivity index (χ0n) is 11.7. The Balaban J connectivity index is 1.81. The monoisotopic (exact) mass is 265 g/mol. The van der Waals surface area contributed by atoms with E-state index in [1.165, 1.54) is 6.42 Å². The normalized spacial score (nSPS) is 15.7. The summed E-state index contributed by atoms with van der Waals surface area (Å²) in [6.45, 7) is 3.32. The van der Waals surface area contributed by atoms with Crippen molar-refractivity contribution in [2.24, 2.45) is 0 Å². The Morgan fingerprint density at radius 3 is 2.89 bits per heavy atom. The van der Waals surface area contributed by atoms with E-state index in [9.17, 15) is 4.79 Å². The number of piperidine rings is 1. The standard InChI is InChI=1S/C14H23N3O2/c1-19-12-11-16-10-7-15-13(16)5-6-14(18)17-8-3-2-4-9-17/h7,10H,2-6,8-9,11-12H2,1H3. The van der Waals surface area contributed by atoms with Gasteiger partial charge in [-0.25, -0.2) is 4.98 Å². The third-order valence-corrected chi connectivity index (χ3v) is 3.61. The predicted molar refractivity (Wildman–Crippen MR) is 72.9 cm³/mol. The van der Waals surface area contributed by atoms with E-state index in [0.717, 1.165) is 38.3 Å². The molecule has 1 aliphatic rings. The Morgan fingerprint density at radius 1 is 1.37 bits per heavy atom. The van der Waals surface area contributed by atoms with E-state index in [1.807, 2.05) is 11.1 Å². The lowest BCUT2D eigenvalue weighted by Crippen LogP contribution is -2.35. The predicted octanol–water partition coefficient (Wildman–Crippen LogP) is 1.47. The number of carbonyl (C=O) groups excluding carboxylic acids is 1. The van der Waals surface area contributed by atoms with Crippen molar-refractivity contribution in [1.29, 1.82) is 0 Å². The summed E-state index contributed by atoms with van der Waals surface area (Å²) in [6, 6.07) is 0. The molecular weight excluding hydrogens is 242 g/mol. The van der Waals surface area contributed by atoms with Gasteiger partial charge in [0, 0.05) is 52.0 Å². The second-order valence-corrected chi connectivity index (χ2v) is 4.97. The van der Waals surface area contributed by atoms with Crippen LogP contribution in [-0.2, 0) is 22.5 Å². The van der Waals surface area contributed by atoms with Crippen molar-refractivity contribution < 1.29 is 9.53 Å². The molecule has 5 heteroatoms. The first kappa shape index (κ1) is 14.1. The molecule has 0 unspecified atom stereocenters. The molecule has 1 fully saturated rings. The summed E-state index contributed by atoms with van der Waals surface area (Å²) in [5.41, 5.74) is 0. The van der Waals surface area contributed by atoms with Crippen LogP contribution in [-0.4, -0.2) is 47.2 Å². The SMILES string of the molecule is COCCn1ccnc1CCC(=O)N1CCCCC1. The van der Waals surface area contributed by atoms with Gasteiger partial charge in [-0.05, 0) is 19.3 Å². The van der Waals surface area contributed by atoms with E-state index in [0.29, 0.717) is 19.4 Å². The van der Waals surface area contributed by atoms with E-state index in [1.54, 1.807) is 13.3 Å². The van der Waals surface area contributed by atoms with E-state index >= 15 is 0 Å². The van der Waals surface area contributed by atoms with Crippen LogP contribution in [0.3, 0.4) is 0 Å². The molecule has 0 bridgehead atoms. The molecule has 2 heterocycles. The Morgan fingerprint density at radius 2 is 2.16 bits per heavy atom. The number of aromatic nitrogens is 2. The summed E-state index contributed by atoms with van der Waals surface area (Å²) >= 11 is 0. The summed E-state index contributed by atoms with van der Waals surface area (Å²) < 4.78 is 7.13. The highest BCUT2D eigenvalue weighted by Crippen LogP contribution is 2.11. The number of methoxy groups -OCH3 is 1. The van der Waals surface area contributed by atoms with Gasteiger partial charge in [0.05, 0.1) is 6.61 Å². The first-order valence-corrected chi connectivity index (χ1v) is 7.08. The maximum atomic E-state index is 12.1. The Hall–Kier alpha value is -1.36. The Kier molecular flexibility index (Phi) is 5.39. The average Bonchev–Trinajstić information content (AvgIpc) is 2.91. The smallest absolute Gasteiger partial charge is 0.223 e. The number of aryl methyl sites for hydroxylation is 1. The van der Waals surface area contributed by atoms with E-state index in [2.05, 4.69) is 9.55 Å². The fraction of sp³-hybridized carbons (Fsp3) is 0.714. The van der Waals surface area contributed by atoms with Crippen LogP contribution >= 0.6 is 0 Å². The van der Waals surface area contributed by atoms with Gasteiger partial charge in [0.2, 0.25) is 5.91 Å². The molecule has 1 amide bonds. The van der Waals surface area contributed by atoms with Gasteiger partial charge in [-0.3, -0.25) is 4.79 Å². The third kappa shape index (κ3) is 4.06. The highest BCUT2D eigenvalue weighted by atomic mass is 16.5. The second kappa shape index (κ2) is 7.28. The van der Waals surface area contributed by atoms with Gasteiger partial charge in [0.15, 0.2) is 0 Å². The second-order valence-electron chi connectivity index (χ2n) is 4.97. The molecule has 0 spiro atoms. The minimum Gasteiger partial charge on any atom is -0.383 e. The molecule has 0 N–H and O–H groups in total. The van der Waals surface area contributed by atoms with Gasteiger partial charge >= 0.3 is 0 Å². The third-order valence-electron chi connectivity index (χ3n) is 3.61. The summed E-state index contributed by atoms with van der Waals surface area (Å²) in [6.07, 6.45) is 8.56. The molecular formula is C14H23N3O2. The van der Waals surface area contributed by atoms with Gasteiger partial charge in [0.1, 0.15) is 5.82 Å². The fourth-order valence-electron chi connectivity index (χ4n) is 2.48. The summed E-state index contributed by atoms with van der Waals surface area (Å²) in [5.74, 6) is 1.24. The number of imidazole rings is 1. The number of likely N-dealkylation sites (tertiary alicyclic amines) is 1. The van der Waals surface area contributed by atoms with Crippen LogP contribution in [0.25, 0.3) is 0 Å². The lowest BCUT2D eigenvalue weighted by molar-refractivity contribution is -0.132. The van der Waals surface area contributed by atoms with Crippen LogP contribution in [0.4, 0.5) is 0 Å². The van der Waals surface area contributed by atoms with Crippen molar-refractivity contribution >= 4 is 5.91 Å². The molecule has 0 atom stereocenters. The maximum Gasteiger partial charge on any atom is 0.223 e. The largest absolute Gasteiger partial charge is 0.383 e. The summed E-state index contributed by atoms with van der Waals surface area (Å²) in [7, 11) is 1.69. The molecule has 1 aromatic rings. The van der Waals surface area contributed by atoms with Crippen LogP contribution in [0.5, 0.6) is 0 Å². The molecule has 0 aliphatic carbocycles. The van der Waals surface area contributed by atoms with Crippen LogP contribution in [0.1, 0.15) is 31.5 Å². The number of nitrogens with zero attached hydrogens (tertiary/aromatic N) is 3. The van der Waals surface area contributed by atoms with Crippen LogP contribution < -0.4 is 0 Å². The van der Waals surface area contributed by atoms with Crippen molar-refractivity contribution in [3.8, 4) is 0 Å². The maximum absolute atomic E-state index is 12.1. The first-order valence-electron chi connectivity index (χ1n) is 7.08. The number of rotatable bonds is 6. The quantitative estimate of drug-likeness (QED) is 0.782. The van der Waals surface area contributed by atoms with Crippen molar-refractivity contribution in [3.63, 3.8) is 0 Å². The molecule has 0 saturated carbocycles. The van der Waals surface area contributed by atoms with E-state index in [-0.39, 0.29) is 5.91 Å². The molecule has 19 heavy (non-hydrogen) atoms. The van der Waals surface area contributed by atoms with Crippen molar-refractivity contribution in [2.45, 2.75) is 38.6 Å². The minimum atomic E-state index is 0.265. The van der Waals surface area contributed by atoms with Gasteiger partial charge in [0.25, 0.3) is 0 Å². The molecule has 0 radical (unpaired) electrons. The van der Waals surface area contributed by atoms with E-state index in [4.69, 9.17) is 4.74 Å². The van der Waals surface area contributed by atoms with Crippen LogP contribution in [0.15, 0.2) is 12.4 Å². The molecule has 2 rings (SSSR count). The number of carbonyl (C=O) groups is 1. The number of hydrogen-bond donors (Lipinski definition) is 0. The highest BCUT2D eigenvalue weighted by molar-refractivity contribution is 5.76. The molecule has 1 aliphatic heterocycles. The van der Waals surface area contributed by atoms with E-state index < -0.39 is 0 Å². The molecule has 5 nitrogen and oxygen atoms in total. The van der Waals surface area contributed by atoms with Crippen LogP contribution in [0, 0.1) is 0 Å².